The number of hydrogen-bond donors (Lipinski definition) is 2. The van der Waals surface area contributed by atoms with Crippen LogP contribution in [-0.2, 0) is 14.3 Å². The van der Waals surface area contributed by atoms with Crippen LogP contribution >= 0.6 is 0 Å². The van der Waals surface area contributed by atoms with Crippen molar-refractivity contribution in [1.82, 2.24) is 5.32 Å². The summed E-state index contributed by atoms with van der Waals surface area (Å²) in [7, 11) is 0. The molecule has 220 valence electrons. The average molecular weight is 556 g/mol. The van der Waals surface area contributed by atoms with E-state index in [-0.39, 0.29) is 35.7 Å². The van der Waals surface area contributed by atoms with Crippen molar-refractivity contribution in [1.29, 1.82) is 0 Å². The maximum absolute atomic E-state index is 12.2. The smallest absolute Gasteiger partial charge is 0.407 e. The molecular weight excluding hydrogens is 510 g/mol. The van der Waals surface area contributed by atoms with Crippen LogP contribution in [0.2, 0.25) is 0 Å². The Kier molecular flexibility index (Phi) is 8.98. The van der Waals surface area contributed by atoms with Gasteiger partial charge >= 0.3 is 17.7 Å². The van der Waals surface area contributed by atoms with Gasteiger partial charge in [-0.3, -0.25) is 0 Å². The van der Waals surface area contributed by atoms with Crippen molar-refractivity contribution < 1.29 is 28.6 Å². The topological polar surface area (TPSA) is 115 Å². The minimum absolute atomic E-state index is 0.0862. The Bertz CT molecular complexity index is 1180. The van der Waals surface area contributed by atoms with Crippen molar-refractivity contribution >= 4 is 12.1 Å². The Morgan fingerprint density at radius 3 is 2.58 bits per heavy atom. The van der Waals surface area contributed by atoms with Gasteiger partial charge in [-0.2, -0.15) is 0 Å². The van der Waals surface area contributed by atoms with E-state index in [0.29, 0.717) is 17.4 Å². The number of hydrogen-bond acceptors (Lipinski definition) is 7. The van der Waals surface area contributed by atoms with Gasteiger partial charge in [0.15, 0.2) is 0 Å². The Balaban J connectivity index is 0.000000398. The summed E-state index contributed by atoms with van der Waals surface area (Å²) in [5, 5.41) is 14.4. The van der Waals surface area contributed by atoms with E-state index in [0.717, 1.165) is 56.9 Å². The molecule has 5 rings (SSSR count). The number of nitrogens with one attached hydrogen (secondary N) is 1. The predicted octanol–water partition coefficient (Wildman–Crippen LogP) is 5.62. The van der Waals surface area contributed by atoms with Crippen LogP contribution in [0.1, 0.15) is 84.1 Å². The van der Waals surface area contributed by atoms with Crippen LogP contribution in [0.15, 0.2) is 51.4 Å². The van der Waals surface area contributed by atoms with Crippen LogP contribution < -0.4 is 10.9 Å². The lowest BCUT2D eigenvalue weighted by Crippen LogP contribution is -2.59. The Morgan fingerprint density at radius 1 is 1.12 bits per heavy atom. The number of carbonyl (C=O) groups excluding carboxylic acids is 2. The number of carbonyl (C=O) groups is 2. The number of amides is 1. The fourth-order valence-electron chi connectivity index (χ4n) is 7.78. The first kappa shape index (κ1) is 30.1. The minimum Gasteiger partial charge on any atom is -0.460 e. The number of ether oxygens (including phenoxy) is 2. The van der Waals surface area contributed by atoms with Crippen LogP contribution in [0.3, 0.4) is 0 Å². The third kappa shape index (κ3) is 6.07. The standard InChI is InChI=1S/C26H39NO5.C6H6O2/c1-17(2)22(28)31-15-14-27-23(29)32-19-8-13-25(4)18(16-19)6-7-21-20(25)9-12-24(3)10-5-11-26(21,24)30;1-5-2-3-6(7)8-4-5/h16,19-21,30H,1,5-15H2,2-4H3,(H,27,29);2-4H,1H3. The van der Waals surface area contributed by atoms with Crippen molar-refractivity contribution in [2.75, 3.05) is 13.2 Å². The van der Waals surface area contributed by atoms with Crippen molar-refractivity contribution in [2.45, 2.75) is 97.2 Å². The second kappa shape index (κ2) is 11.9. The summed E-state index contributed by atoms with van der Waals surface area (Å²) < 4.78 is 15.1. The maximum Gasteiger partial charge on any atom is 0.407 e. The predicted molar refractivity (Wildman–Crippen MR) is 152 cm³/mol. The van der Waals surface area contributed by atoms with Gasteiger partial charge in [0.05, 0.1) is 18.4 Å². The highest BCUT2D eigenvalue weighted by atomic mass is 16.6. The van der Waals surface area contributed by atoms with Crippen LogP contribution in [-0.4, -0.2) is 42.0 Å². The SMILES string of the molecule is C=C(C)C(=O)OCCNC(=O)OC1C=C2CCC3C(CCC4(C)CCCC34O)C2(C)CC1.Cc1ccc(=O)oc1. The Morgan fingerprint density at radius 2 is 1.90 bits per heavy atom. The summed E-state index contributed by atoms with van der Waals surface area (Å²) in [5.74, 6) is 0.433. The van der Waals surface area contributed by atoms with Crippen molar-refractivity contribution in [2.24, 2.45) is 22.7 Å². The summed E-state index contributed by atoms with van der Waals surface area (Å²) in [6.45, 7) is 12.0. The first-order valence-electron chi connectivity index (χ1n) is 14.6. The number of alkyl carbamates (subject to hydrolysis) is 1. The molecule has 2 N–H and O–H groups in total. The third-order valence-electron chi connectivity index (χ3n) is 10.1. The molecule has 8 heteroatoms. The van der Waals surface area contributed by atoms with Crippen molar-refractivity contribution in [3.05, 3.63) is 58.2 Å². The number of aliphatic hydroxyl groups is 1. The molecular formula is C32H45NO7. The van der Waals surface area contributed by atoms with Gasteiger partial charge in [0.25, 0.3) is 0 Å². The van der Waals surface area contributed by atoms with Gasteiger partial charge in [0, 0.05) is 11.6 Å². The Labute approximate surface area is 237 Å². The first-order chi connectivity index (χ1) is 18.9. The molecule has 40 heavy (non-hydrogen) atoms. The summed E-state index contributed by atoms with van der Waals surface area (Å²) in [4.78, 5) is 33.8. The highest BCUT2D eigenvalue weighted by Gasteiger charge is 2.63. The molecule has 3 saturated carbocycles. The van der Waals surface area contributed by atoms with Crippen LogP contribution in [0.25, 0.3) is 0 Å². The van der Waals surface area contributed by atoms with Gasteiger partial charge in [0.2, 0.25) is 0 Å². The number of fused-ring (bicyclic) bond motifs is 5. The highest BCUT2D eigenvalue weighted by Crippen LogP contribution is 2.67. The second-order valence-corrected chi connectivity index (χ2v) is 12.7. The molecule has 0 spiro atoms. The molecule has 1 aromatic rings. The van der Waals surface area contributed by atoms with Gasteiger partial charge in [0.1, 0.15) is 12.7 Å². The van der Waals surface area contributed by atoms with E-state index in [2.05, 4.69) is 36.2 Å². The molecule has 6 atom stereocenters. The number of aryl methyl sites for hydroxylation is 1. The lowest BCUT2D eigenvalue weighted by Gasteiger charge is -2.61. The van der Waals surface area contributed by atoms with E-state index in [1.54, 1.807) is 13.0 Å². The van der Waals surface area contributed by atoms with Crippen LogP contribution in [0, 0.1) is 29.6 Å². The first-order valence-corrected chi connectivity index (χ1v) is 14.6. The molecule has 1 amide bonds. The molecule has 0 aromatic carbocycles. The molecule has 0 aliphatic heterocycles. The van der Waals surface area contributed by atoms with Crippen molar-refractivity contribution in [3.8, 4) is 0 Å². The van der Waals surface area contributed by atoms with E-state index in [9.17, 15) is 19.5 Å². The number of rotatable bonds is 5. The molecule has 4 aliphatic rings. The summed E-state index contributed by atoms with van der Waals surface area (Å²) in [5.41, 5.74) is 2.08. The summed E-state index contributed by atoms with van der Waals surface area (Å²) in [6, 6.07) is 3.11. The molecule has 6 unspecified atom stereocenters. The molecule has 0 bridgehead atoms. The van der Waals surface area contributed by atoms with E-state index < -0.39 is 17.7 Å². The van der Waals surface area contributed by atoms with Crippen LogP contribution in [0.5, 0.6) is 0 Å². The largest absolute Gasteiger partial charge is 0.460 e. The number of allylic oxidation sites excluding steroid dienone is 1. The molecule has 8 nitrogen and oxygen atoms in total. The van der Waals surface area contributed by atoms with Gasteiger partial charge in [-0.05, 0) is 112 Å². The fourth-order valence-corrected chi connectivity index (χ4v) is 7.78. The Hall–Kier alpha value is -2.87. The van der Waals surface area contributed by atoms with Crippen molar-refractivity contribution in [3.63, 3.8) is 0 Å². The normalized spacial score (nSPS) is 34.0. The third-order valence-corrected chi connectivity index (χ3v) is 10.1. The average Bonchev–Trinajstić information content (AvgIpc) is 3.23. The quantitative estimate of drug-likeness (QED) is 0.210. The lowest BCUT2D eigenvalue weighted by molar-refractivity contribution is -0.174. The summed E-state index contributed by atoms with van der Waals surface area (Å²) in [6.07, 6.45) is 12.3. The molecule has 3 fully saturated rings. The zero-order chi connectivity index (χ0) is 29.1. The van der Waals surface area contributed by atoms with Gasteiger partial charge < -0.3 is 24.3 Å². The minimum atomic E-state index is -0.509. The zero-order valence-electron chi connectivity index (χ0n) is 24.4. The lowest BCUT2D eigenvalue weighted by atomic mass is 9.46. The van der Waals surface area contributed by atoms with Crippen LogP contribution in [0.4, 0.5) is 4.79 Å². The zero-order valence-corrected chi connectivity index (χ0v) is 24.4. The number of esters is 1. The highest BCUT2D eigenvalue weighted by molar-refractivity contribution is 5.86. The maximum atomic E-state index is 12.2. The van der Waals surface area contributed by atoms with Gasteiger partial charge in [-0.25, -0.2) is 14.4 Å². The van der Waals surface area contributed by atoms with E-state index in [1.807, 2.05) is 6.92 Å². The summed E-state index contributed by atoms with van der Waals surface area (Å²) >= 11 is 0. The van der Waals surface area contributed by atoms with Gasteiger partial charge in [-0.1, -0.05) is 26.0 Å². The molecule has 0 saturated heterocycles. The fraction of sp³-hybridized carbons (Fsp3) is 0.656. The van der Waals surface area contributed by atoms with E-state index in [4.69, 9.17) is 9.47 Å². The van der Waals surface area contributed by atoms with Gasteiger partial charge in [-0.15, -0.1) is 0 Å². The molecule has 4 aliphatic carbocycles. The monoisotopic (exact) mass is 555 g/mol. The molecule has 1 aromatic heterocycles. The second-order valence-electron chi connectivity index (χ2n) is 12.7. The molecule has 0 radical (unpaired) electrons. The van der Waals surface area contributed by atoms with E-state index >= 15 is 0 Å². The van der Waals surface area contributed by atoms with E-state index in [1.165, 1.54) is 24.3 Å². The molecule has 1 heterocycles.